The molecule has 4 heteroatoms. The van der Waals surface area contributed by atoms with Crippen LogP contribution in [0.15, 0.2) is 18.2 Å². The van der Waals surface area contributed by atoms with Crippen molar-refractivity contribution in [3.05, 3.63) is 23.8 Å². The first kappa shape index (κ1) is 13.4. The molecule has 0 aliphatic rings. The molecule has 1 amide bonds. The quantitative estimate of drug-likeness (QED) is 0.788. The number of benzene rings is 1. The number of phenols is 2. The van der Waals surface area contributed by atoms with Crippen LogP contribution in [0.1, 0.15) is 32.3 Å². The Morgan fingerprint density at radius 1 is 1.24 bits per heavy atom. The van der Waals surface area contributed by atoms with Crippen LogP contribution >= 0.6 is 0 Å². The molecule has 0 bridgehead atoms. The molecule has 94 valence electrons. The average Bonchev–Trinajstić information content (AvgIpc) is 2.33. The number of phenolic OH excluding ortho intramolecular Hbond substituents is 2. The molecular formula is C13H19NO3. The molecule has 2 N–H and O–H groups in total. The zero-order valence-electron chi connectivity index (χ0n) is 10.5. The van der Waals surface area contributed by atoms with E-state index in [4.69, 9.17) is 0 Å². The molecule has 17 heavy (non-hydrogen) atoms. The van der Waals surface area contributed by atoms with Gasteiger partial charge in [-0.2, -0.15) is 0 Å². The van der Waals surface area contributed by atoms with Gasteiger partial charge in [-0.15, -0.1) is 0 Å². The van der Waals surface area contributed by atoms with Gasteiger partial charge in [-0.3, -0.25) is 4.79 Å². The summed E-state index contributed by atoms with van der Waals surface area (Å²) in [6, 6.07) is 4.49. The highest BCUT2D eigenvalue weighted by atomic mass is 16.3. The summed E-state index contributed by atoms with van der Waals surface area (Å²) in [5, 5.41) is 18.6. The summed E-state index contributed by atoms with van der Waals surface area (Å²) >= 11 is 0. The number of aromatic hydroxyl groups is 2. The topological polar surface area (TPSA) is 60.8 Å². The Balaban J connectivity index is 2.92. The molecule has 1 unspecified atom stereocenters. The first-order chi connectivity index (χ1) is 8.01. The molecule has 4 nitrogen and oxygen atoms in total. The highest BCUT2D eigenvalue weighted by Crippen LogP contribution is 2.29. The summed E-state index contributed by atoms with van der Waals surface area (Å²) in [6.45, 7) is 7.00. The number of nitrogens with zero attached hydrogens (tertiary/aromatic N) is 1. The van der Waals surface area contributed by atoms with Gasteiger partial charge in [0, 0.05) is 13.1 Å². The summed E-state index contributed by atoms with van der Waals surface area (Å²) in [6.07, 6.45) is 0. The number of hydrogen-bond donors (Lipinski definition) is 2. The van der Waals surface area contributed by atoms with E-state index in [0.29, 0.717) is 18.7 Å². The molecule has 0 radical (unpaired) electrons. The van der Waals surface area contributed by atoms with Crippen molar-refractivity contribution in [2.45, 2.75) is 26.7 Å². The molecule has 0 aliphatic carbocycles. The molecule has 0 aromatic heterocycles. The lowest BCUT2D eigenvalue weighted by molar-refractivity contribution is -0.132. The maximum Gasteiger partial charge on any atom is 0.229 e. The molecule has 0 saturated heterocycles. The van der Waals surface area contributed by atoms with E-state index in [1.54, 1.807) is 17.9 Å². The third kappa shape index (κ3) is 2.90. The van der Waals surface area contributed by atoms with Crippen LogP contribution in [0.4, 0.5) is 0 Å². The minimum atomic E-state index is -0.318. The molecule has 1 aromatic carbocycles. The maximum atomic E-state index is 12.1. The molecule has 1 aromatic rings. The summed E-state index contributed by atoms with van der Waals surface area (Å²) in [5.41, 5.74) is 0.706. The van der Waals surface area contributed by atoms with E-state index in [1.807, 2.05) is 13.8 Å². The van der Waals surface area contributed by atoms with E-state index in [-0.39, 0.29) is 23.3 Å². The Morgan fingerprint density at radius 2 is 1.82 bits per heavy atom. The Bertz CT molecular complexity index is 400. The van der Waals surface area contributed by atoms with Crippen LogP contribution in [0.5, 0.6) is 11.5 Å². The lowest BCUT2D eigenvalue weighted by Crippen LogP contribution is -2.33. The first-order valence-electron chi connectivity index (χ1n) is 5.81. The molecule has 0 fully saturated rings. The summed E-state index contributed by atoms with van der Waals surface area (Å²) in [4.78, 5) is 13.8. The van der Waals surface area contributed by atoms with Crippen LogP contribution in [0.2, 0.25) is 0 Å². The van der Waals surface area contributed by atoms with Gasteiger partial charge in [-0.25, -0.2) is 0 Å². The Morgan fingerprint density at radius 3 is 2.29 bits per heavy atom. The highest BCUT2D eigenvalue weighted by molar-refractivity contribution is 5.83. The van der Waals surface area contributed by atoms with Gasteiger partial charge < -0.3 is 15.1 Å². The monoisotopic (exact) mass is 237 g/mol. The van der Waals surface area contributed by atoms with Gasteiger partial charge in [0.05, 0.1) is 5.92 Å². The van der Waals surface area contributed by atoms with Gasteiger partial charge in [0.15, 0.2) is 11.5 Å². The summed E-state index contributed by atoms with van der Waals surface area (Å²) in [5.74, 6) is -0.653. The smallest absolute Gasteiger partial charge is 0.229 e. The van der Waals surface area contributed by atoms with Gasteiger partial charge in [0.25, 0.3) is 0 Å². The van der Waals surface area contributed by atoms with Crippen molar-refractivity contribution in [3.8, 4) is 11.5 Å². The number of rotatable bonds is 4. The lowest BCUT2D eigenvalue weighted by atomic mass is 9.99. The summed E-state index contributed by atoms with van der Waals surface area (Å²) in [7, 11) is 0. The van der Waals surface area contributed by atoms with E-state index >= 15 is 0 Å². The second kappa shape index (κ2) is 5.57. The third-order valence-electron chi connectivity index (χ3n) is 2.95. The number of hydrogen-bond acceptors (Lipinski definition) is 3. The maximum absolute atomic E-state index is 12.1. The zero-order valence-corrected chi connectivity index (χ0v) is 10.5. The highest BCUT2D eigenvalue weighted by Gasteiger charge is 2.20. The predicted molar refractivity (Wildman–Crippen MR) is 66.1 cm³/mol. The zero-order chi connectivity index (χ0) is 13.0. The summed E-state index contributed by atoms with van der Waals surface area (Å²) < 4.78 is 0. The van der Waals surface area contributed by atoms with Crippen molar-refractivity contribution in [2.75, 3.05) is 13.1 Å². The van der Waals surface area contributed by atoms with Crippen LogP contribution in [-0.2, 0) is 4.79 Å². The molecule has 1 atom stereocenters. The van der Waals surface area contributed by atoms with E-state index < -0.39 is 0 Å². The second-order valence-electron chi connectivity index (χ2n) is 3.98. The second-order valence-corrected chi connectivity index (χ2v) is 3.98. The fourth-order valence-electron chi connectivity index (χ4n) is 1.76. The van der Waals surface area contributed by atoms with E-state index in [1.165, 1.54) is 12.1 Å². The SMILES string of the molecule is CCN(CC)C(=O)C(C)c1ccc(O)c(O)c1. The van der Waals surface area contributed by atoms with Gasteiger partial charge in [-0.1, -0.05) is 6.07 Å². The third-order valence-corrected chi connectivity index (χ3v) is 2.95. The van der Waals surface area contributed by atoms with Crippen LogP contribution in [0.25, 0.3) is 0 Å². The molecular weight excluding hydrogens is 218 g/mol. The van der Waals surface area contributed by atoms with Crippen LogP contribution in [-0.4, -0.2) is 34.1 Å². The molecule has 0 saturated carbocycles. The van der Waals surface area contributed by atoms with Crippen molar-refractivity contribution in [1.29, 1.82) is 0 Å². The van der Waals surface area contributed by atoms with E-state index in [9.17, 15) is 15.0 Å². The van der Waals surface area contributed by atoms with Gasteiger partial charge in [-0.05, 0) is 38.5 Å². The Kier molecular flexibility index (Phi) is 4.37. The van der Waals surface area contributed by atoms with Crippen molar-refractivity contribution in [2.24, 2.45) is 0 Å². The molecule has 0 spiro atoms. The van der Waals surface area contributed by atoms with Crippen LogP contribution in [0.3, 0.4) is 0 Å². The minimum absolute atomic E-state index is 0.0279. The number of amides is 1. The number of likely N-dealkylation sites (N-methyl/N-ethyl adjacent to an activating group) is 1. The van der Waals surface area contributed by atoms with Gasteiger partial charge in [0.2, 0.25) is 5.91 Å². The largest absolute Gasteiger partial charge is 0.504 e. The van der Waals surface area contributed by atoms with Gasteiger partial charge >= 0.3 is 0 Å². The normalized spacial score (nSPS) is 12.2. The van der Waals surface area contributed by atoms with Crippen molar-refractivity contribution >= 4 is 5.91 Å². The number of carbonyl (C=O) groups excluding carboxylic acids is 1. The first-order valence-corrected chi connectivity index (χ1v) is 5.81. The van der Waals surface area contributed by atoms with Crippen molar-refractivity contribution < 1.29 is 15.0 Å². The van der Waals surface area contributed by atoms with E-state index in [0.717, 1.165) is 0 Å². The van der Waals surface area contributed by atoms with Crippen molar-refractivity contribution in [1.82, 2.24) is 4.90 Å². The van der Waals surface area contributed by atoms with E-state index in [2.05, 4.69) is 0 Å². The van der Waals surface area contributed by atoms with Crippen LogP contribution in [0, 0.1) is 0 Å². The van der Waals surface area contributed by atoms with Gasteiger partial charge in [0.1, 0.15) is 0 Å². The minimum Gasteiger partial charge on any atom is -0.504 e. The van der Waals surface area contributed by atoms with Crippen LogP contribution < -0.4 is 0 Å². The number of carbonyl (C=O) groups is 1. The lowest BCUT2D eigenvalue weighted by Gasteiger charge is -2.23. The standard InChI is InChI=1S/C13H19NO3/c1-4-14(5-2)13(17)9(3)10-6-7-11(15)12(16)8-10/h6-9,15-16H,4-5H2,1-3H3. The molecule has 1 rings (SSSR count). The fourth-order valence-corrected chi connectivity index (χ4v) is 1.76. The predicted octanol–water partition coefficient (Wildman–Crippen LogP) is 2.07. The Hall–Kier alpha value is -1.71. The fraction of sp³-hybridized carbons (Fsp3) is 0.462. The molecule has 0 aliphatic heterocycles. The average molecular weight is 237 g/mol. The Labute approximate surface area is 101 Å². The molecule has 0 heterocycles. The van der Waals surface area contributed by atoms with Crippen molar-refractivity contribution in [3.63, 3.8) is 0 Å².